The highest BCUT2D eigenvalue weighted by Gasteiger charge is 2.49. The van der Waals surface area contributed by atoms with Crippen molar-refractivity contribution in [1.29, 1.82) is 0 Å². The van der Waals surface area contributed by atoms with Crippen LogP contribution in [0, 0.1) is 0 Å². The Bertz CT molecular complexity index is 2820. The van der Waals surface area contributed by atoms with Crippen LogP contribution in [0.5, 0.6) is 11.5 Å². The number of para-hydroxylation sites is 3. The van der Waals surface area contributed by atoms with Gasteiger partial charge in [0, 0.05) is 33.5 Å². The first kappa shape index (κ1) is 29.8. The van der Waals surface area contributed by atoms with E-state index in [0.717, 1.165) is 39.7 Å². The maximum Gasteiger partial charge on any atom is 0.132 e. The number of rotatable bonds is 4. The minimum Gasteiger partial charge on any atom is -0.457 e. The van der Waals surface area contributed by atoms with Crippen molar-refractivity contribution in [1.82, 2.24) is 0 Å². The van der Waals surface area contributed by atoms with Crippen molar-refractivity contribution >= 4 is 38.6 Å². The second kappa shape index (κ2) is 11.6. The van der Waals surface area contributed by atoms with Gasteiger partial charge in [-0.2, -0.15) is 0 Å². The SMILES string of the molecule is c1ccc(-c2ccc3ccccc3c2N(c2ccccc2)c2ccc3c(c2)C2(c4ccccc4Oc4ccccc42)c2cccc4cccc-3c24)cc1. The minimum absolute atomic E-state index is 0.631. The zero-order valence-corrected chi connectivity index (χ0v) is 28.9. The van der Waals surface area contributed by atoms with Gasteiger partial charge >= 0.3 is 0 Å². The monoisotopic (exact) mass is 675 g/mol. The maximum absolute atomic E-state index is 6.72. The molecule has 2 aliphatic rings. The van der Waals surface area contributed by atoms with E-state index in [4.69, 9.17) is 4.74 Å². The van der Waals surface area contributed by atoms with Crippen molar-refractivity contribution in [2.24, 2.45) is 0 Å². The Hall–Kier alpha value is -6.90. The lowest BCUT2D eigenvalue weighted by molar-refractivity contribution is 0.435. The largest absolute Gasteiger partial charge is 0.457 e. The summed E-state index contributed by atoms with van der Waals surface area (Å²) in [5, 5.41) is 4.93. The standard InChI is InChI=1S/C51H33NO/c1-3-15-34(16-4-1)40-31-29-35-17-7-8-22-39(35)50(40)52(37-20-5-2-6-21-37)38-30-32-41-42-23-13-18-36-19-14-26-45(49(36)42)51(46(41)33-38)43-24-9-11-27-47(43)53-48-28-12-10-25-44(48)51/h1-33H. The van der Waals surface area contributed by atoms with Crippen molar-refractivity contribution in [3.05, 3.63) is 222 Å². The second-order valence-electron chi connectivity index (χ2n) is 14.0. The summed E-state index contributed by atoms with van der Waals surface area (Å²) in [5.41, 5.74) is 12.4. The van der Waals surface area contributed by atoms with Gasteiger partial charge in [-0.1, -0.05) is 164 Å². The van der Waals surface area contributed by atoms with Gasteiger partial charge in [0.1, 0.15) is 11.5 Å². The number of hydrogen-bond donors (Lipinski definition) is 0. The summed E-state index contributed by atoms with van der Waals surface area (Å²) in [5.74, 6) is 1.78. The molecule has 53 heavy (non-hydrogen) atoms. The van der Waals surface area contributed by atoms with Gasteiger partial charge in [-0.15, -0.1) is 0 Å². The smallest absolute Gasteiger partial charge is 0.132 e. The van der Waals surface area contributed by atoms with Gasteiger partial charge in [-0.25, -0.2) is 0 Å². The second-order valence-corrected chi connectivity index (χ2v) is 14.0. The predicted octanol–water partition coefficient (Wildman–Crippen LogP) is 13.6. The van der Waals surface area contributed by atoms with Gasteiger partial charge in [0.15, 0.2) is 0 Å². The molecule has 248 valence electrons. The van der Waals surface area contributed by atoms with Crippen LogP contribution in [0.15, 0.2) is 200 Å². The molecule has 1 heterocycles. The van der Waals surface area contributed by atoms with E-state index in [1.165, 1.54) is 54.9 Å². The molecule has 0 amide bonds. The average Bonchev–Trinajstić information content (AvgIpc) is 3.23. The molecule has 1 aliphatic carbocycles. The molecule has 0 radical (unpaired) electrons. The van der Waals surface area contributed by atoms with Crippen LogP contribution >= 0.6 is 0 Å². The molecule has 0 bridgehead atoms. The molecular weight excluding hydrogens is 643 g/mol. The van der Waals surface area contributed by atoms with E-state index in [1.54, 1.807) is 0 Å². The first-order valence-electron chi connectivity index (χ1n) is 18.3. The first-order chi connectivity index (χ1) is 26.3. The zero-order valence-electron chi connectivity index (χ0n) is 28.9. The number of benzene rings is 9. The lowest BCUT2D eigenvalue weighted by atomic mass is 9.58. The zero-order chi connectivity index (χ0) is 34.9. The molecule has 9 aromatic rings. The van der Waals surface area contributed by atoms with E-state index in [2.05, 4.69) is 205 Å². The molecule has 2 nitrogen and oxygen atoms in total. The summed E-state index contributed by atoms with van der Waals surface area (Å²) in [7, 11) is 0. The number of hydrogen-bond acceptors (Lipinski definition) is 2. The third-order valence-corrected chi connectivity index (χ3v) is 11.3. The van der Waals surface area contributed by atoms with Gasteiger partial charge in [0.2, 0.25) is 0 Å². The molecule has 0 unspecified atom stereocenters. The molecule has 0 atom stereocenters. The predicted molar refractivity (Wildman–Crippen MR) is 219 cm³/mol. The van der Waals surface area contributed by atoms with Crippen molar-refractivity contribution in [2.75, 3.05) is 4.90 Å². The number of fused-ring (bicyclic) bond motifs is 9. The fourth-order valence-corrected chi connectivity index (χ4v) is 9.15. The highest BCUT2D eigenvalue weighted by Crippen LogP contribution is 2.62. The van der Waals surface area contributed by atoms with Crippen LogP contribution in [0.3, 0.4) is 0 Å². The summed E-state index contributed by atoms with van der Waals surface area (Å²) >= 11 is 0. The summed E-state index contributed by atoms with van der Waals surface area (Å²) in [6.45, 7) is 0. The molecule has 0 fully saturated rings. The first-order valence-corrected chi connectivity index (χ1v) is 18.3. The highest BCUT2D eigenvalue weighted by molar-refractivity contribution is 6.08. The van der Waals surface area contributed by atoms with Crippen molar-refractivity contribution in [2.45, 2.75) is 5.41 Å². The van der Waals surface area contributed by atoms with Gasteiger partial charge in [0.05, 0.1) is 11.1 Å². The molecule has 9 aromatic carbocycles. The quantitative estimate of drug-likeness (QED) is 0.184. The lowest BCUT2D eigenvalue weighted by Crippen LogP contribution is -2.36. The van der Waals surface area contributed by atoms with Gasteiger partial charge in [-0.3, -0.25) is 0 Å². The minimum atomic E-state index is -0.631. The van der Waals surface area contributed by atoms with E-state index >= 15 is 0 Å². The van der Waals surface area contributed by atoms with Crippen LogP contribution in [0.1, 0.15) is 22.3 Å². The van der Waals surface area contributed by atoms with Crippen LogP contribution in [-0.2, 0) is 5.41 Å². The summed E-state index contributed by atoms with van der Waals surface area (Å²) < 4.78 is 6.72. The fraction of sp³-hybridized carbons (Fsp3) is 0.0196. The Morgan fingerprint density at radius 2 is 0.981 bits per heavy atom. The molecule has 0 N–H and O–H groups in total. The van der Waals surface area contributed by atoms with Gasteiger partial charge < -0.3 is 9.64 Å². The average molecular weight is 676 g/mol. The van der Waals surface area contributed by atoms with E-state index < -0.39 is 5.41 Å². The van der Waals surface area contributed by atoms with Crippen molar-refractivity contribution in [3.8, 4) is 33.8 Å². The van der Waals surface area contributed by atoms with E-state index in [1.807, 2.05) is 0 Å². The maximum atomic E-state index is 6.72. The number of anilines is 3. The van der Waals surface area contributed by atoms with Crippen molar-refractivity contribution in [3.63, 3.8) is 0 Å². The van der Waals surface area contributed by atoms with Crippen LogP contribution < -0.4 is 9.64 Å². The normalized spacial score (nSPS) is 13.2. The number of ether oxygens (including phenoxy) is 1. The van der Waals surface area contributed by atoms with Crippen LogP contribution in [-0.4, -0.2) is 0 Å². The summed E-state index contributed by atoms with van der Waals surface area (Å²) in [4.78, 5) is 2.47. The fourth-order valence-electron chi connectivity index (χ4n) is 9.15. The summed E-state index contributed by atoms with van der Waals surface area (Å²) in [6, 6.07) is 72.8. The molecular formula is C51H33NO. The number of nitrogens with zero attached hydrogens (tertiary/aromatic N) is 1. The van der Waals surface area contributed by atoms with E-state index in [9.17, 15) is 0 Å². The van der Waals surface area contributed by atoms with E-state index in [0.29, 0.717) is 0 Å². The molecule has 0 saturated carbocycles. The Morgan fingerprint density at radius 1 is 0.377 bits per heavy atom. The Labute approximate surface area is 308 Å². The molecule has 11 rings (SSSR count). The lowest BCUT2D eigenvalue weighted by Gasteiger charge is -2.45. The summed E-state index contributed by atoms with van der Waals surface area (Å²) in [6.07, 6.45) is 0. The van der Waals surface area contributed by atoms with Crippen molar-refractivity contribution < 1.29 is 4.74 Å². The molecule has 2 heteroatoms. The van der Waals surface area contributed by atoms with Crippen LogP contribution in [0.4, 0.5) is 17.1 Å². The van der Waals surface area contributed by atoms with E-state index in [-0.39, 0.29) is 0 Å². The van der Waals surface area contributed by atoms with Gasteiger partial charge in [0.25, 0.3) is 0 Å². The molecule has 1 aliphatic heterocycles. The Balaban J connectivity index is 1.29. The van der Waals surface area contributed by atoms with Crippen LogP contribution in [0.2, 0.25) is 0 Å². The highest BCUT2D eigenvalue weighted by atomic mass is 16.5. The van der Waals surface area contributed by atoms with Crippen LogP contribution in [0.25, 0.3) is 43.8 Å². The Kier molecular flexibility index (Phi) is 6.50. The molecule has 0 aromatic heterocycles. The topological polar surface area (TPSA) is 12.5 Å². The third-order valence-electron chi connectivity index (χ3n) is 11.3. The van der Waals surface area contributed by atoms with Gasteiger partial charge in [-0.05, 0) is 80.4 Å². The molecule has 1 spiro atoms. The third kappa shape index (κ3) is 4.27. The Morgan fingerprint density at radius 3 is 1.75 bits per heavy atom. The molecule has 0 saturated heterocycles.